The van der Waals surface area contributed by atoms with Gasteiger partial charge in [0.15, 0.2) is 0 Å². The van der Waals surface area contributed by atoms with E-state index in [-0.39, 0.29) is 5.97 Å². The van der Waals surface area contributed by atoms with E-state index >= 15 is 0 Å². The number of benzene rings is 1. The van der Waals surface area contributed by atoms with Crippen molar-refractivity contribution in [1.82, 2.24) is 0 Å². The Bertz CT molecular complexity index is 374. The monoisotopic (exact) mass is 238 g/mol. The third-order valence-corrected chi connectivity index (χ3v) is 2.38. The number of esters is 1. The summed E-state index contributed by atoms with van der Waals surface area (Å²) in [5, 5.41) is 0. The summed E-state index contributed by atoms with van der Waals surface area (Å²) in [4.78, 5) is 11.5. The van der Waals surface area contributed by atoms with Crippen molar-refractivity contribution >= 4 is 5.97 Å². The van der Waals surface area contributed by atoms with E-state index in [1.807, 2.05) is 19.1 Å². The van der Waals surface area contributed by atoms with Crippen molar-refractivity contribution in [1.29, 1.82) is 0 Å². The fraction of sp³-hybridized carbons (Fsp3) is 0.462. The summed E-state index contributed by atoms with van der Waals surface area (Å²) in [6, 6.07) is 5.39. The zero-order valence-electron chi connectivity index (χ0n) is 10.5. The fourth-order valence-electron chi connectivity index (χ4n) is 1.41. The van der Waals surface area contributed by atoms with Gasteiger partial charge in [-0.1, -0.05) is 6.07 Å². The first-order chi connectivity index (χ1) is 8.19. The lowest BCUT2D eigenvalue weighted by atomic mass is 10.1. The smallest absolute Gasteiger partial charge is 0.338 e. The van der Waals surface area contributed by atoms with E-state index in [4.69, 9.17) is 14.2 Å². The van der Waals surface area contributed by atoms with Crippen LogP contribution in [0.25, 0.3) is 0 Å². The average molecular weight is 238 g/mol. The number of carbonyl (C=O) groups excluding carboxylic acids is 1. The van der Waals surface area contributed by atoms with Crippen LogP contribution in [0.15, 0.2) is 18.2 Å². The molecule has 0 radical (unpaired) electrons. The Morgan fingerprint density at radius 2 is 2.00 bits per heavy atom. The number of aryl methyl sites for hydroxylation is 1. The van der Waals surface area contributed by atoms with Gasteiger partial charge in [-0.25, -0.2) is 4.79 Å². The van der Waals surface area contributed by atoms with Crippen LogP contribution in [-0.2, 0) is 9.47 Å². The Balaban J connectivity index is 2.65. The van der Waals surface area contributed by atoms with Crippen LogP contribution in [0.1, 0.15) is 22.3 Å². The Morgan fingerprint density at radius 3 is 2.65 bits per heavy atom. The Morgan fingerprint density at radius 1 is 1.24 bits per heavy atom. The summed E-state index contributed by atoms with van der Waals surface area (Å²) in [6.07, 6.45) is 0.817. The Kier molecular flexibility index (Phi) is 5.49. The molecule has 4 heteroatoms. The zero-order valence-corrected chi connectivity index (χ0v) is 10.5. The van der Waals surface area contributed by atoms with Crippen molar-refractivity contribution in [2.45, 2.75) is 13.3 Å². The minimum Gasteiger partial charge on any atom is -0.493 e. The highest BCUT2D eigenvalue weighted by atomic mass is 16.5. The maximum atomic E-state index is 11.5. The van der Waals surface area contributed by atoms with Gasteiger partial charge in [0.05, 0.1) is 19.3 Å². The third-order valence-electron chi connectivity index (χ3n) is 2.38. The lowest BCUT2D eigenvalue weighted by Gasteiger charge is -2.09. The first-order valence-corrected chi connectivity index (χ1v) is 5.49. The standard InChI is InChI=1S/C13H18O4/c1-10-5-6-11(17-8-4-7-15-2)9-12(10)13(14)16-3/h5-6,9H,4,7-8H2,1-3H3. The summed E-state index contributed by atoms with van der Waals surface area (Å²) in [6.45, 7) is 3.09. The molecule has 0 spiro atoms. The molecule has 0 fully saturated rings. The second kappa shape index (κ2) is 6.91. The zero-order chi connectivity index (χ0) is 12.7. The normalized spacial score (nSPS) is 10.1. The van der Waals surface area contributed by atoms with Crippen molar-refractivity contribution in [3.05, 3.63) is 29.3 Å². The first kappa shape index (κ1) is 13.5. The molecule has 94 valence electrons. The van der Waals surface area contributed by atoms with Crippen LogP contribution in [0.5, 0.6) is 5.75 Å². The molecule has 0 saturated heterocycles. The largest absolute Gasteiger partial charge is 0.493 e. The van der Waals surface area contributed by atoms with Gasteiger partial charge < -0.3 is 14.2 Å². The molecule has 0 bridgehead atoms. The van der Waals surface area contributed by atoms with E-state index in [1.54, 1.807) is 13.2 Å². The lowest BCUT2D eigenvalue weighted by molar-refractivity contribution is 0.0599. The molecule has 0 aliphatic carbocycles. The molecule has 1 rings (SSSR count). The first-order valence-electron chi connectivity index (χ1n) is 5.49. The van der Waals surface area contributed by atoms with Crippen LogP contribution in [-0.4, -0.2) is 33.4 Å². The molecule has 0 aliphatic rings. The van der Waals surface area contributed by atoms with E-state index in [0.29, 0.717) is 24.5 Å². The molecule has 0 aliphatic heterocycles. The maximum Gasteiger partial charge on any atom is 0.338 e. The van der Waals surface area contributed by atoms with Crippen molar-refractivity contribution in [3.63, 3.8) is 0 Å². The summed E-state index contributed by atoms with van der Waals surface area (Å²) in [5.74, 6) is 0.331. The van der Waals surface area contributed by atoms with Crippen LogP contribution >= 0.6 is 0 Å². The molecular weight excluding hydrogens is 220 g/mol. The van der Waals surface area contributed by atoms with Crippen molar-refractivity contribution in [3.8, 4) is 5.75 Å². The second-order valence-corrected chi connectivity index (χ2v) is 3.66. The van der Waals surface area contributed by atoms with Gasteiger partial charge in [-0.2, -0.15) is 0 Å². The van der Waals surface area contributed by atoms with Gasteiger partial charge in [-0.15, -0.1) is 0 Å². The summed E-state index contributed by atoms with van der Waals surface area (Å²) in [5.41, 5.74) is 1.41. The predicted octanol–water partition coefficient (Wildman–Crippen LogP) is 2.20. The molecule has 0 heterocycles. The molecule has 0 atom stereocenters. The van der Waals surface area contributed by atoms with Gasteiger partial charge in [0.1, 0.15) is 5.75 Å². The van der Waals surface area contributed by atoms with E-state index in [1.165, 1.54) is 7.11 Å². The molecule has 0 aromatic heterocycles. The van der Waals surface area contributed by atoms with Crippen molar-refractivity contribution in [2.24, 2.45) is 0 Å². The van der Waals surface area contributed by atoms with E-state index < -0.39 is 0 Å². The molecule has 0 N–H and O–H groups in total. The molecule has 17 heavy (non-hydrogen) atoms. The molecular formula is C13H18O4. The van der Waals surface area contributed by atoms with Crippen LogP contribution in [0.4, 0.5) is 0 Å². The lowest BCUT2D eigenvalue weighted by Crippen LogP contribution is -2.06. The highest BCUT2D eigenvalue weighted by Crippen LogP contribution is 2.18. The summed E-state index contributed by atoms with van der Waals surface area (Å²) in [7, 11) is 3.02. The van der Waals surface area contributed by atoms with Crippen LogP contribution < -0.4 is 4.74 Å². The molecule has 0 unspecified atom stereocenters. The summed E-state index contributed by atoms with van der Waals surface area (Å²) < 4.78 is 15.1. The number of hydrogen-bond donors (Lipinski definition) is 0. The highest BCUT2D eigenvalue weighted by Gasteiger charge is 2.10. The van der Waals surface area contributed by atoms with Gasteiger partial charge >= 0.3 is 5.97 Å². The average Bonchev–Trinajstić information content (AvgIpc) is 2.35. The second-order valence-electron chi connectivity index (χ2n) is 3.66. The van der Waals surface area contributed by atoms with Gasteiger partial charge in [-0.3, -0.25) is 0 Å². The van der Waals surface area contributed by atoms with Gasteiger partial charge in [-0.05, 0) is 24.6 Å². The quantitative estimate of drug-likeness (QED) is 0.563. The van der Waals surface area contributed by atoms with Crippen LogP contribution in [0.3, 0.4) is 0 Å². The van der Waals surface area contributed by atoms with E-state index in [2.05, 4.69) is 0 Å². The number of methoxy groups -OCH3 is 2. The number of carbonyl (C=O) groups is 1. The Labute approximate surface area is 101 Å². The van der Waals surface area contributed by atoms with Crippen molar-refractivity contribution < 1.29 is 19.0 Å². The van der Waals surface area contributed by atoms with Crippen molar-refractivity contribution in [2.75, 3.05) is 27.4 Å². The third kappa shape index (κ3) is 4.07. The van der Waals surface area contributed by atoms with Gasteiger partial charge in [0, 0.05) is 20.1 Å². The summed E-state index contributed by atoms with van der Waals surface area (Å²) >= 11 is 0. The van der Waals surface area contributed by atoms with E-state index in [0.717, 1.165) is 12.0 Å². The van der Waals surface area contributed by atoms with Gasteiger partial charge in [0.2, 0.25) is 0 Å². The predicted molar refractivity (Wildman–Crippen MR) is 64.5 cm³/mol. The highest BCUT2D eigenvalue weighted by molar-refractivity contribution is 5.91. The molecule has 1 aromatic rings. The number of rotatable bonds is 6. The molecule has 4 nitrogen and oxygen atoms in total. The maximum absolute atomic E-state index is 11.5. The van der Waals surface area contributed by atoms with Crippen LogP contribution in [0, 0.1) is 6.92 Å². The van der Waals surface area contributed by atoms with Gasteiger partial charge in [0.25, 0.3) is 0 Å². The minimum atomic E-state index is -0.343. The Hall–Kier alpha value is -1.55. The molecule has 1 aromatic carbocycles. The van der Waals surface area contributed by atoms with Crippen LogP contribution in [0.2, 0.25) is 0 Å². The van der Waals surface area contributed by atoms with E-state index in [9.17, 15) is 4.79 Å². The minimum absolute atomic E-state index is 0.343. The fourth-order valence-corrected chi connectivity index (χ4v) is 1.41. The molecule has 0 amide bonds. The molecule has 0 saturated carbocycles. The number of hydrogen-bond acceptors (Lipinski definition) is 4. The number of ether oxygens (including phenoxy) is 3. The SMILES string of the molecule is COCCCOc1ccc(C)c(C(=O)OC)c1. The topological polar surface area (TPSA) is 44.8 Å².